The predicted molar refractivity (Wildman–Crippen MR) is 137 cm³/mol. The number of hydrogen-bond acceptors (Lipinski definition) is 7. The average Bonchev–Trinajstić information content (AvgIpc) is 2.93. The summed E-state index contributed by atoms with van der Waals surface area (Å²) in [4.78, 5) is 11.3. The van der Waals surface area contributed by atoms with Crippen molar-refractivity contribution in [1.82, 2.24) is 0 Å². The summed E-state index contributed by atoms with van der Waals surface area (Å²) in [6, 6.07) is 29.3. The van der Waals surface area contributed by atoms with Gasteiger partial charge in [-0.2, -0.15) is 0 Å². The lowest BCUT2D eigenvalue weighted by Gasteiger charge is -2.44. The van der Waals surface area contributed by atoms with Crippen molar-refractivity contribution >= 4 is 0 Å². The lowest BCUT2D eigenvalue weighted by Crippen LogP contribution is -2.59. The standard InChI is InChI=1S/C29H33NO7/c1-33-29-25(17-30(31)32)27(35-19-23-13-7-3-8-14-23)28(36-20-24-15-9-4-10-16-24)26(37-29)21-34-18-22-11-5-2-6-12-22/h2-16,25-29H,17-21H2,1H3/t25-,26+,27+,28+,29-/m0/s1. The van der Waals surface area contributed by atoms with E-state index in [0.29, 0.717) is 13.2 Å². The molecule has 196 valence electrons. The molecule has 0 spiro atoms. The number of nitrogens with zero attached hydrogens (tertiary/aromatic N) is 1. The van der Waals surface area contributed by atoms with Crippen molar-refractivity contribution in [2.45, 2.75) is 44.4 Å². The minimum Gasteiger partial charge on any atom is -0.374 e. The summed E-state index contributed by atoms with van der Waals surface area (Å²) < 4.78 is 30.5. The Kier molecular flexibility index (Phi) is 10.2. The highest BCUT2D eigenvalue weighted by molar-refractivity contribution is 5.15. The molecule has 4 rings (SSSR count). The molecule has 0 aliphatic carbocycles. The average molecular weight is 508 g/mol. The van der Waals surface area contributed by atoms with E-state index in [1.807, 2.05) is 91.0 Å². The SMILES string of the molecule is CO[C@H]1O[C@H](COCc2ccccc2)[C@@H](OCc2ccccc2)[C@H](OCc2ccccc2)[C@@H]1C[N+](=O)[O-]. The lowest BCUT2D eigenvalue weighted by molar-refractivity contribution is -0.502. The Morgan fingerprint density at radius 3 is 1.73 bits per heavy atom. The molecule has 0 amide bonds. The fraction of sp³-hybridized carbons (Fsp3) is 0.379. The zero-order valence-electron chi connectivity index (χ0n) is 20.9. The number of methoxy groups -OCH3 is 1. The van der Waals surface area contributed by atoms with Crippen molar-refractivity contribution in [3.63, 3.8) is 0 Å². The zero-order valence-corrected chi connectivity index (χ0v) is 20.9. The fourth-order valence-electron chi connectivity index (χ4n) is 4.51. The molecule has 1 saturated heterocycles. The van der Waals surface area contributed by atoms with Crippen LogP contribution in [0.1, 0.15) is 16.7 Å². The van der Waals surface area contributed by atoms with Gasteiger partial charge in [0.05, 0.1) is 26.4 Å². The highest BCUT2D eigenvalue weighted by Crippen LogP contribution is 2.33. The van der Waals surface area contributed by atoms with Crippen LogP contribution in [-0.4, -0.2) is 49.8 Å². The Bertz CT molecular complexity index is 1070. The molecule has 0 radical (unpaired) electrons. The molecule has 0 saturated carbocycles. The second-order valence-corrected chi connectivity index (χ2v) is 8.98. The second-order valence-electron chi connectivity index (χ2n) is 8.98. The first kappa shape index (κ1) is 26.9. The molecule has 0 aromatic heterocycles. The molecule has 1 aliphatic rings. The smallest absolute Gasteiger partial charge is 0.214 e. The first-order valence-corrected chi connectivity index (χ1v) is 12.4. The van der Waals surface area contributed by atoms with E-state index in [4.69, 9.17) is 23.7 Å². The Balaban J connectivity index is 1.56. The van der Waals surface area contributed by atoms with Crippen molar-refractivity contribution in [2.24, 2.45) is 5.92 Å². The molecule has 3 aromatic rings. The third-order valence-corrected chi connectivity index (χ3v) is 6.33. The van der Waals surface area contributed by atoms with Gasteiger partial charge in [-0.05, 0) is 16.7 Å². The molecule has 37 heavy (non-hydrogen) atoms. The van der Waals surface area contributed by atoms with Crippen LogP contribution in [0.5, 0.6) is 0 Å². The number of hydrogen-bond donors (Lipinski definition) is 0. The molecule has 1 aliphatic heterocycles. The summed E-state index contributed by atoms with van der Waals surface area (Å²) in [7, 11) is 1.49. The topological polar surface area (TPSA) is 89.3 Å². The van der Waals surface area contributed by atoms with Crippen LogP contribution in [0.15, 0.2) is 91.0 Å². The summed E-state index contributed by atoms with van der Waals surface area (Å²) in [6.07, 6.45) is -2.66. The molecule has 1 heterocycles. The minimum absolute atomic E-state index is 0.213. The van der Waals surface area contributed by atoms with Crippen molar-refractivity contribution in [2.75, 3.05) is 20.3 Å². The molecule has 0 bridgehead atoms. The molecule has 0 unspecified atom stereocenters. The summed E-state index contributed by atoms with van der Waals surface area (Å²) in [6.45, 7) is 0.819. The lowest BCUT2D eigenvalue weighted by atomic mass is 9.90. The maximum atomic E-state index is 11.6. The van der Waals surface area contributed by atoms with Gasteiger partial charge in [0, 0.05) is 12.0 Å². The summed E-state index contributed by atoms with van der Waals surface area (Å²) >= 11 is 0. The van der Waals surface area contributed by atoms with Crippen molar-refractivity contribution in [3.8, 4) is 0 Å². The Morgan fingerprint density at radius 1 is 0.757 bits per heavy atom. The van der Waals surface area contributed by atoms with Crippen molar-refractivity contribution < 1.29 is 28.6 Å². The van der Waals surface area contributed by atoms with Gasteiger partial charge in [0.2, 0.25) is 6.54 Å². The van der Waals surface area contributed by atoms with E-state index in [1.54, 1.807) is 0 Å². The van der Waals surface area contributed by atoms with Gasteiger partial charge < -0.3 is 23.7 Å². The van der Waals surface area contributed by atoms with E-state index < -0.39 is 30.5 Å². The van der Waals surface area contributed by atoms with E-state index in [0.717, 1.165) is 16.7 Å². The van der Waals surface area contributed by atoms with Gasteiger partial charge in [0.25, 0.3) is 0 Å². The van der Waals surface area contributed by atoms with Gasteiger partial charge in [-0.25, -0.2) is 0 Å². The van der Waals surface area contributed by atoms with Gasteiger partial charge in [-0.15, -0.1) is 0 Å². The van der Waals surface area contributed by atoms with E-state index in [-0.39, 0.29) is 24.7 Å². The number of benzene rings is 3. The van der Waals surface area contributed by atoms with Gasteiger partial charge >= 0.3 is 0 Å². The molecule has 3 aromatic carbocycles. The fourth-order valence-corrected chi connectivity index (χ4v) is 4.51. The molecule has 8 heteroatoms. The first-order chi connectivity index (χ1) is 18.1. The quantitative estimate of drug-likeness (QED) is 0.246. The van der Waals surface area contributed by atoms with Gasteiger partial charge in [-0.3, -0.25) is 10.1 Å². The third kappa shape index (κ3) is 7.92. The summed E-state index contributed by atoms with van der Waals surface area (Å²) in [5.41, 5.74) is 2.97. The van der Waals surface area contributed by atoms with Crippen molar-refractivity contribution in [3.05, 3.63) is 118 Å². The molecular formula is C29H33NO7. The molecule has 8 nitrogen and oxygen atoms in total. The number of ether oxygens (including phenoxy) is 5. The van der Waals surface area contributed by atoms with Crippen molar-refractivity contribution in [1.29, 1.82) is 0 Å². The second kappa shape index (κ2) is 14.0. The highest BCUT2D eigenvalue weighted by Gasteiger charge is 2.50. The van der Waals surface area contributed by atoms with Gasteiger partial charge in [0.15, 0.2) is 6.29 Å². The molecule has 1 fully saturated rings. The monoisotopic (exact) mass is 507 g/mol. The number of rotatable bonds is 13. The van der Waals surface area contributed by atoms with Crippen LogP contribution >= 0.6 is 0 Å². The van der Waals surface area contributed by atoms with E-state index in [2.05, 4.69) is 0 Å². The Morgan fingerprint density at radius 2 is 1.24 bits per heavy atom. The summed E-state index contributed by atoms with van der Waals surface area (Å²) in [5.74, 6) is -0.671. The zero-order chi connectivity index (χ0) is 25.9. The van der Waals surface area contributed by atoms with Crippen LogP contribution < -0.4 is 0 Å². The van der Waals surface area contributed by atoms with E-state index in [1.165, 1.54) is 7.11 Å². The van der Waals surface area contributed by atoms with Crippen LogP contribution in [-0.2, 0) is 43.5 Å². The molecule has 0 N–H and O–H groups in total. The number of nitro groups is 1. The van der Waals surface area contributed by atoms with Gasteiger partial charge in [0.1, 0.15) is 24.2 Å². The normalized spacial score (nSPS) is 23.5. The summed E-state index contributed by atoms with van der Waals surface area (Å²) in [5, 5.41) is 11.6. The minimum atomic E-state index is -0.840. The molecular weight excluding hydrogens is 474 g/mol. The van der Waals surface area contributed by atoms with Crippen LogP contribution in [0, 0.1) is 16.0 Å². The Hall–Kier alpha value is -3.14. The van der Waals surface area contributed by atoms with Crippen LogP contribution in [0.3, 0.4) is 0 Å². The highest BCUT2D eigenvalue weighted by atomic mass is 16.7. The predicted octanol–water partition coefficient (Wildman–Crippen LogP) is 4.64. The van der Waals surface area contributed by atoms with Gasteiger partial charge in [-0.1, -0.05) is 91.0 Å². The van der Waals surface area contributed by atoms with E-state index >= 15 is 0 Å². The molecule has 5 atom stereocenters. The third-order valence-electron chi connectivity index (χ3n) is 6.33. The van der Waals surface area contributed by atoms with Crippen LogP contribution in [0.4, 0.5) is 0 Å². The van der Waals surface area contributed by atoms with E-state index in [9.17, 15) is 10.1 Å². The maximum absolute atomic E-state index is 11.6. The van der Waals surface area contributed by atoms with Crippen LogP contribution in [0.2, 0.25) is 0 Å². The van der Waals surface area contributed by atoms with Crippen LogP contribution in [0.25, 0.3) is 0 Å². The largest absolute Gasteiger partial charge is 0.374 e. The maximum Gasteiger partial charge on any atom is 0.214 e. The Labute approximate surface area is 217 Å². The first-order valence-electron chi connectivity index (χ1n) is 12.4.